The standard InChI is InChI=1S/C54H32O/c1-2-12-36-31-52-50(30-35(36)11-1)44-28-26-38(32-51(44)55-52)54-47-19-9-7-17-45(47)53(46-18-8-10-20-48(46)54)34-23-21-33(22-24-34)37-25-27-43-41-15-4-3-13-39(41)40-14-5-6-16-42(40)49(43)29-37/h1-32H. The molecule has 1 aromatic heterocycles. The lowest BCUT2D eigenvalue weighted by atomic mass is 9.85. The van der Waals surface area contributed by atoms with Crippen LogP contribution in [0.25, 0.3) is 120 Å². The smallest absolute Gasteiger partial charge is 0.136 e. The highest BCUT2D eigenvalue weighted by atomic mass is 16.3. The molecule has 0 radical (unpaired) electrons. The molecule has 1 heteroatoms. The van der Waals surface area contributed by atoms with Crippen LogP contribution in [0.1, 0.15) is 0 Å². The van der Waals surface area contributed by atoms with Crippen molar-refractivity contribution in [1.82, 2.24) is 0 Å². The van der Waals surface area contributed by atoms with E-state index in [-0.39, 0.29) is 0 Å². The summed E-state index contributed by atoms with van der Waals surface area (Å²) in [5.74, 6) is 0. The summed E-state index contributed by atoms with van der Waals surface area (Å²) in [5, 5.41) is 17.4. The molecular weight excluding hydrogens is 665 g/mol. The highest BCUT2D eigenvalue weighted by Gasteiger charge is 2.18. The van der Waals surface area contributed by atoms with Gasteiger partial charge in [-0.05, 0) is 128 Å². The van der Waals surface area contributed by atoms with Crippen molar-refractivity contribution >= 4 is 86.6 Å². The highest BCUT2D eigenvalue weighted by Crippen LogP contribution is 2.45. The van der Waals surface area contributed by atoms with E-state index < -0.39 is 0 Å². The fourth-order valence-corrected chi connectivity index (χ4v) is 9.28. The van der Waals surface area contributed by atoms with Crippen LogP contribution >= 0.6 is 0 Å². The SMILES string of the molecule is c1ccc2cc3c(cc2c1)oc1cc(-c2c4ccccc4c(-c4ccc(-c5ccc6c7ccccc7c7ccccc7c6c5)cc4)c4ccccc24)ccc13. The Labute approximate surface area is 317 Å². The summed E-state index contributed by atoms with van der Waals surface area (Å²) in [7, 11) is 0. The molecule has 0 amide bonds. The van der Waals surface area contributed by atoms with Gasteiger partial charge in [0.05, 0.1) is 0 Å². The third-order valence-electron chi connectivity index (χ3n) is 11.8. The largest absolute Gasteiger partial charge is 0.456 e. The van der Waals surface area contributed by atoms with E-state index in [4.69, 9.17) is 4.42 Å². The normalized spacial score (nSPS) is 12.0. The summed E-state index contributed by atoms with van der Waals surface area (Å²) in [5.41, 5.74) is 9.11. The Bertz CT molecular complexity index is 3440. The molecule has 11 aromatic carbocycles. The van der Waals surface area contributed by atoms with Crippen LogP contribution in [0.2, 0.25) is 0 Å². The first-order chi connectivity index (χ1) is 27.3. The van der Waals surface area contributed by atoms with Gasteiger partial charge in [0.2, 0.25) is 0 Å². The molecule has 254 valence electrons. The molecular formula is C54H32O. The number of benzene rings is 11. The van der Waals surface area contributed by atoms with E-state index in [0.717, 1.165) is 27.5 Å². The predicted octanol–water partition coefficient (Wildman–Crippen LogP) is 15.5. The summed E-state index contributed by atoms with van der Waals surface area (Å²) >= 11 is 0. The monoisotopic (exact) mass is 696 g/mol. The van der Waals surface area contributed by atoms with Crippen molar-refractivity contribution in [3.05, 3.63) is 194 Å². The molecule has 0 aliphatic rings. The number of hydrogen-bond acceptors (Lipinski definition) is 1. The van der Waals surface area contributed by atoms with Crippen LogP contribution in [0.15, 0.2) is 199 Å². The van der Waals surface area contributed by atoms with Crippen molar-refractivity contribution in [2.45, 2.75) is 0 Å². The fraction of sp³-hybridized carbons (Fsp3) is 0. The minimum Gasteiger partial charge on any atom is -0.456 e. The van der Waals surface area contributed by atoms with Gasteiger partial charge in [-0.3, -0.25) is 0 Å². The van der Waals surface area contributed by atoms with Crippen molar-refractivity contribution in [2.75, 3.05) is 0 Å². The Morgan fingerprint density at radius 2 is 0.618 bits per heavy atom. The van der Waals surface area contributed by atoms with Gasteiger partial charge in [0, 0.05) is 10.8 Å². The average Bonchev–Trinajstić information content (AvgIpc) is 3.61. The van der Waals surface area contributed by atoms with Crippen LogP contribution in [-0.4, -0.2) is 0 Å². The minimum absolute atomic E-state index is 0.908. The summed E-state index contributed by atoms with van der Waals surface area (Å²) < 4.78 is 6.55. The lowest BCUT2D eigenvalue weighted by molar-refractivity contribution is 0.669. The Morgan fingerprint density at radius 1 is 0.218 bits per heavy atom. The first-order valence-corrected chi connectivity index (χ1v) is 19.0. The van der Waals surface area contributed by atoms with Crippen LogP contribution in [-0.2, 0) is 0 Å². The Kier molecular flexibility index (Phi) is 6.40. The lowest BCUT2D eigenvalue weighted by Crippen LogP contribution is -1.91. The van der Waals surface area contributed by atoms with Gasteiger partial charge >= 0.3 is 0 Å². The van der Waals surface area contributed by atoms with Crippen LogP contribution in [0.5, 0.6) is 0 Å². The molecule has 12 rings (SSSR count). The van der Waals surface area contributed by atoms with E-state index in [9.17, 15) is 0 Å². The van der Waals surface area contributed by atoms with Gasteiger partial charge in [-0.15, -0.1) is 0 Å². The van der Waals surface area contributed by atoms with Gasteiger partial charge in [0.15, 0.2) is 0 Å². The molecule has 0 aliphatic carbocycles. The molecule has 0 fully saturated rings. The van der Waals surface area contributed by atoms with E-state index in [1.54, 1.807) is 0 Å². The first kappa shape index (κ1) is 30.3. The predicted molar refractivity (Wildman–Crippen MR) is 235 cm³/mol. The molecule has 0 atom stereocenters. The summed E-state index contributed by atoms with van der Waals surface area (Å²) in [6.45, 7) is 0. The number of rotatable bonds is 3. The molecule has 1 nitrogen and oxygen atoms in total. The third kappa shape index (κ3) is 4.54. The van der Waals surface area contributed by atoms with Crippen LogP contribution in [0.4, 0.5) is 0 Å². The maximum Gasteiger partial charge on any atom is 0.136 e. The van der Waals surface area contributed by atoms with Gasteiger partial charge in [-0.25, -0.2) is 0 Å². The maximum atomic E-state index is 6.55. The highest BCUT2D eigenvalue weighted by molar-refractivity contribution is 6.26. The van der Waals surface area contributed by atoms with Gasteiger partial charge < -0.3 is 4.42 Å². The molecule has 0 N–H and O–H groups in total. The summed E-state index contributed by atoms with van der Waals surface area (Å²) in [6.07, 6.45) is 0. The van der Waals surface area contributed by atoms with Crippen molar-refractivity contribution in [3.63, 3.8) is 0 Å². The number of furan rings is 1. The van der Waals surface area contributed by atoms with Crippen LogP contribution in [0.3, 0.4) is 0 Å². The van der Waals surface area contributed by atoms with Crippen molar-refractivity contribution in [2.24, 2.45) is 0 Å². The molecule has 0 spiro atoms. The number of fused-ring (bicyclic) bond motifs is 12. The van der Waals surface area contributed by atoms with Crippen LogP contribution in [0, 0.1) is 0 Å². The average molecular weight is 697 g/mol. The van der Waals surface area contributed by atoms with E-state index >= 15 is 0 Å². The van der Waals surface area contributed by atoms with E-state index in [0.29, 0.717) is 0 Å². The second-order valence-electron chi connectivity index (χ2n) is 14.8. The number of hydrogen-bond donors (Lipinski definition) is 0. The Hall–Kier alpha value is -7.22. The molecule has 55 heavy (non-hydrogen) atoms. The van der Waals surface area contributed by atoms with Gasteiger partial charge in [-0.2, -0.15) is 0 Å². The van der Waals surface area contributed by atoms with E-state index in [1.165, 1.54) is 92.5 Å². The zero-order chi connectivity index (χ0) is 36.0. The fourth-order valence-electron chi connectivity index (χ4n) is 9.28. The van der Waals surface area contributed by atoms with Gasteiger partial charge in [0.25, 0.3) is 0 Å². The van der Waals surface area contributed by atoms with Gasteiger partial charge in [-0.1, -0.05) is 164 Å². The zero-order valence-electron chi connectivity index (χ0n) is 29.9. The first-order valence-electron chi connectivity index (χ1n) is 19.0. The van der Waals surface area contributed by atoms with E-state index in [2.05, 4.69) is 194 Å². The quantitative estimate of drug-likeness (QED) is 0.132. The molecule has 12 aromatic rings. The molecule has 0 unspecified atom stereocenters. The molecule has 1 heterocycles. The van der Waals surface area contributed by atoms with Crippen LogP contribution < -0.4 is 0 Å². The summed E-state index contributed by atoms with van der Waals surface area (Å²) in [6, 6.07) is 71.1. The summed E-state index contributed by atoms with van der Waals surface area (Å²) in [4.78, 5) is 0. The minimum atomic E-state index is 0.908. The topological polar surface area (TPSA) is 13.1 Å². The molecule has 0 saturated carbocycles. The second-order valence-corrected chi connectivity index (χ2v) is 14.8. The van der Waals surface area contributed by atoms with Crippen molar-refractivity contribution in [3.8, 4) is 33.4 Å². The van der Waals surface area contributed by atoms with Crippen molar-refractivity contribution in [1.29, 1.82) is 0 Å². The maximum absolute atomic E-state index is 6.55. The second kappa shape index (κ2) is 11.6. The molecule has 0 aliphatic heterocycles. The van der Waals surface area contributed by atoms with Gasteiger partial charge in [0.1, 0.15) is 11.2 Å². The Morgan fingerprint density at radius 3 is 1.22 bits per heavy atom. The third-order valence-corrected chi connectivity index (χ3v) is 11.8. The lowest BCUT2D eigenvalue weighted by Gasteiger charge is -2.18. The zero-order valence-corrected chi connectivity index (χ0v) is 29.9. The van der Waals surface area contributed by atoms with Crippen molar-refractivity contribution < 1.29 is 4.42 Å². The Balaban J connectivity index is 1.01. The van der Waals surface area contributed by atoms with E-state index in [1.807, 2.05) is 0 Å². The molecule has 0 saturated heterocycles. The molecule has 0 bridgehead atoms.